The minimum absolute atomic E-state index is 0.0829. The molecule has 10 nitrogen and oxygen atoms in total. The Kier molecular flexibility index (Phi) is 9.12. The van der Waals surface area contributed by atoms with Gasteiger partial charge in [-0.15, -0.1) is 0 Å². The van der Waals surface area contributed by atoms with Gasteiger partial charge in [-0.2, -0.15) is 0 Å². The maximum atomic E-state index is 13.2. The van der Waals surface area contributed by atoms with E-state index in [9.17, 15) is 14.4 Å². The molecule has 0 radical (unpaired) electrons. The van der Waals surface area contributed by atoms with Gasteiger partial charge in [-0.25, -0.2) is 4.98 Å². The zero-order valence-electron chi connectivity index (χ0n) is 25.8. The first-order valence-corrected chi connectivity index (χ1v) is 15.2. The number of rotatable bonds is 11. The molecule has 0 N–H and O–H groups in total. The number of nitrogens with zero attached hydrogens (tertiary/aromatic N) is 5. The highest BCUT2D eigenvalue weighted by molar-refractivity contribution is 6.30. The van der Waals surface area contributed by atoms with Crippen LogP contribution in [0.25, 0.3) is 11.0 Å². The highest BCUT2D eigenvalue weighted by Gasteiger charge is 2.45. The lowest BCUT2D eigenvalue weighted by Crippen LogP contribution is -2.47. The Labute approximate surface area is 261 Å². The molecule has 232 valence electrons. The molecule has 1 aromatic carbocycles. The van der Waals surface area contributed by atoms with Crippen molar-refractivity contribution in [3.05, 3.63) is 81.7 Å². The average Bonchev–Trinajstić information content (AvgIpc) is 3.38. The van der Waals surface area contributed by atoms with Gasteiger partial charge in [0.05, 0.1) is 23.4 Å². The van der Waals surface area contributed by atoms with E-state index in [1.807, 2.05) is 50.2 Å². The lowest BCUT2D eigenvalue weighted by atomic mass is 9.90. The number of carbonyl (C=O) groups is 2. The minimum atomic E-state index is -1.17. The Bertz CT molecular complexity index is 1750. The maximum Gasteiger partial charge on any atom is 0.261 e. The van der Waals surface area contributed by atoms with Gasteiger partial charge in [0.15, 0.2) is 0 Å². The summed E-state index contributed by atoms with van der Waals surface area (Å²) < 4.78 is 13.4. The molecule has 1 aliphatic heterocycles. The van der Waals surface area contributed by atoms with E-state index in [1.54, 1.807) is 53.7 Å². The van der Waals surface area contributed by atoms with Crippen molar-refractivity contribution in [3.63, 3.8) is 0 Å². The van der Waals surface area contributed by atoms with Crippen molar-refractivity contribution in [2.24, 2.45) is 5.41 Å². The van der Waals surface area contributed by atoms with E-state index in [0.717, 1.165) is 5.56 Å². The van der Waals surface area contributed by atoms with Gasteiger partial charge in [0.1, 0.15) is 27.7 Å². The number of hydrogen-bond donors (Lipinski definition) is 0. The lowest BCUT2D eigenvalue weighted by molar-refractivity contribution is -0.137. The number of ether oxygens (including phenoxy) is 1. The fourth-order valence-electron chi connectivity index (χ4n) is 5.63. The number of pyridine rings is 2. The summed E-state index contributed by atoms with van der Waals surface area (Å²) in [6.07, 6.45) is 4.12. The third-order valence-electron chi connectivity index (χ3n) is 8.09. The molecule has 0 bridgehead atoms. The zero-order valence-corrected chi connectivity index (χ0v) is 26.6. The Morgan fingerprint density at radius 2 is 1.84 bits per heavy atom. The molecule has 4 heterocycles. The van der Waals surface area contributed by atoms with Crippen molar-refractivity contribution in [1.29, 1.82) is 0 Å². The van der Waals surface area contributed by atoms with Crippen LogP contribution in [0.15, 0.2) is 64.1 Å². The van der Waals surface area contributed by atoms with Crippen LogP contribution in [0, 0.1) is 12.3 Å². The van der Waals surface area contributed by atoms with Crippen molar-refractivity contribution < 1.29 is 18.7 Å². The van der Waals surface area contributed by atoms with Gasteiger partial charge in [-0.3, -0.25) is 19.3 Å². The second-order valence-electron chi connectivity index (χ2n) is 11.6. The molecule has 5 rings (SSSR count). The molecular formula is C33H38ClN5O5. The summed E-state index contributed by atoms with van der Waals surface area (Å²) in [4.78, 5) is 49.0. The van der Waals surface area contributed by atoms with Gasteiger partial charge in [0.25, 0.3) is 5.56 Å². The van der Waals surface area contributed by atoms with Gasteiger partial charge in [0.2, 0.25) is 11.8 Å². The van der Waals surface area contributed by atoms with E-state index in [2.05, 4.69) is 9.88 Å². The number of fused-ring (bicyclic) bond motifs is 2. The molecule has 0 unspecified atom stereocenters. The summed E-state index contributed by atoms with van der Waals surface area (Å²) in [5, 5.41) is 1.02. The number of carbonyl (C=O) groups excluding carboxylic acids is 2. The first-order chi connectivity index (χ1) is 21.0. The number of amides is 2. The Balaban J connectivity index is 1.27. The summed E-state index contributed by atoms with van der Waals surface area (Å²) >= 11 is 6.38. The number of furan rings is 1. The van der Waals surface area contributed by atoms with E-state index >= 15 is 0 Å². The molecule has 0 atom stereocenters. The third kappa shape index (κ3) is 6.23. The number of benzene rings is 1. The molecule has 2 amide bonds. The first-order valence-electron chi connectivity index (χ1n) is 14.8. The summed E-state index contributed by atoms with van der Waals surface area (Å²) in [5.41, 5.74) is 1.56. The molecule has 0 fully saturated rings. The fourth-order valence-corrected chi connectivity index (χ4v) is 5.80. The second kappa shape index (κ2) is 12.8. The van der Waals surface area contributed by atoms with E-state index in [0.29, 0.717) is 84.8 Å². The molecule has 0 saturated carbocycles. The molecule has 11 heteroatoms. The van der Waals surface area contributed by atoms with Crippen molar-refractivity contribution in [1.82, 2.24) is 14.5 Å². The van der Waals surface area contributed by atoms with Gasteiger partial charge in [-0.1, -0.05) is 17.7 Å². The predicted octanol–water partition coefficient (Wildman–Crippen LogP) is 5.28. The second-order valence-corrected chi connectivity index (χ2v) is 11.9. The number of aromatic nitrogens is 2. The van der Waals surface area contributed by atoms with Gasteiger partial charge in [-0.05, 0) is 64.4 Å². The number of anilines is 2. The van der Waals surface area contributed by atoms with E-state index in [4.69, 9.17) is 20.8 Å². The summed E-state index contributed by atoms with van der Waals surface area (Å²) in [5.74, 6) is 0.835. The van der Waals surface area contributed by atoms with Crippen LogP contribution in [0.2, 0.25) is 5.15 Å². The fraction of sp³-hybridized carbons (Fsp3) is 0.394. The average molecular weight is 620 g/mol. The summed E-state index contributed by atoms with van der Waals surface area (Å²) in [6.45, 7) is 10.3. The predicted molar refractivity (Wildman–Crippen MR) is 172 cm³/mol. The van der Waals surface area contributed by atoms with Crippen molar-refractivity contribution in [2.45, 2.75) is 47.2 Å². The number of aryl methyl sites for hydroxylation is 1. The smallest absolute Gasteiger partial charge is 0.261 e. The van der Waals surface area contributed by atoms with E-state index in [1.165, 1.54) is 0 Å². The summed E-state index contributed by atoms with van der Waals surface area (Å²) in [6, 6.07) is 12.9. The van der Waals surface area contributed by atoms with Crippen LogP contribution < -0.4 is 20.1 Å². The Hall–Kier alpha value is -4.15. The third-order valence-corrected chi connectivity index (χ3v) is 8.43. The van der Waals surface area contributed by atoms with Crippen LogP contribution in [-0.4, -0.2) is 59.6 Å². The highest BCUT2D eigenvalue weighted by atomic mass is 35.5. The quantitative estimate of drug-likeness (QED) is 0.128. The number of halogens is 1. The van der Waals surface area contributed by atoms with Crippen LogP contribution in [0.5, 0.6) is 5.75 Å². The monoisotopic (exact) mass is 619 g/mol. The van der Waals surface area contributed by atoms with Crippen LogP contribution in [0.1, 0.15) is 38.5 Å². The number of hydrogen-bond acceptors (Lipinski definition) is 7. The van der Waals surface area contributed by atoms with Crippen LogP contribution in [-0.2, 0) is 22.7 Å². The molecule has 4 aromatic rings. The lowest BCUT2D eigenvalue weighted by Gasteiger charge is -2.27. The molecule has 0 aliphatic carbocycles. The van der Waals surface area contributed by atoms with Gasteiger partial charge >= 0.3 is 0 Å². The molecule has 0 saturated heterocycles. The highest BCUT2D eigenvalue weighted by Crippen LogP contribution is 2.40. The normalized spacial score (nSPS) is 14.8. The first kappa shape index (κ1) is 31.3. The maximum absolute atomic E-state index is 13.2. The standard InChI is InChI=1S/C33H38ClN5O5/c1-6-39-26-11-10-24(20-27(26)36(5)31(41)33(3,4)32(39)42)43-18-8-14-37(21-23-9-7-13-35-29(23)34)16-17-38-15-12-28-25(30(38)40)19-22(2)44-28/h7,9-13,15,19-20H,6,8,14,16-18,21H2,1-5H3. The molecular weight excluding hydrogens is 582 g/mol. The molecule has 44 heavy (non-hydrogen) atoms. The molecule has 0 spiro atoms. The Morgan fingerprint density at radius 3 is 2.59 bits per heavy atom. The van der Waals surface area contributed by atoms with Gasteiger partial charge < -0.3 is 23.5 Å². The van der Waals surface area contributed by atoms with Crippen LogP contribution in [0.3, 0.4) is 0 Å². The van der Waals surface area contributed by atoms with Crippen LogP contribution in [0.4, 0.5) is 11.4 Å². The van der Waals surface area contributed by atoms with Gasteiger partial charge in [0, 0.05) is 63.8 Å². The zero-order chi connectivity index (χ0) is 31.6. The van der Waals surface area contributed by atoms with E-state index in [-0.39, 0.29) is 17.4 Å². The Morgan fingerprint density at radius 1 is 1.05 bits per heavy atom. The SMILES string of the molecule is CCN1C(=O)C(C)(C)C(=O)N(C)c2cc(OCCCN(CCn3ccc4oc(C)cc4c3=O)Cc3cccnc3Cl)ccc21. The van der Waals surface area contributed by atoms with Crippen molar-refractivity contribution in [2.75, 3.05) is 43.1 Å². The van der Waals surface area contributed by atoms with Crippen molar-refractivity contribution >= 4 is 45.8 Å². The van der Waals surface area contributed by atoms with E-state index < -0.39 is 5.41 Å². The van der Waals surface area contributed by atoms with Crippen LogP contribution >= 0.6 is 11.6 Å². The topological polar surface area (TPSA) is 101 Å². The molecule has 3 aromatic heterocycles. The minimum Gasteiger partial charge on any atom is -0.493 e. The summed E-state index contributed by atoms with van der Waals surface area (Å²) in [7, 11) is 1.69. The molecule has 1 aliphatic rings. The largest absolute Gasteiger partial charge is 0.493 e. The van der Waals surface area contributed by atoms with Crippen molar-refractivity contribution in [3.8, 4) is 5.75 Å².